The van der Waals surface area contributed by atoms with E-state index in [1.807, 2.05) is 62.4 Å². The summed E-state index contributed by atoms with van der Waals surface area (Å²) in [4.78, 5) is 0. The largest absolute Gasteiger partial charge is 0.394 e. The Bertz CT molecular complexity index is 773. The molecule has 28 heavy (non-hydrogen) atoms. The third-order valence-corrected chi connectivity index (χ3v) is 5.23. The van der Waals surface area contributed by atoms with Crippen LogP contribution in [0.25, 0.3) is 0 Å². The van der Waals surface area contributed by atoms with Gasteiger partial charge in [-0.3, -0.25) is 0 Å². The second-order valence-electron chi connectivity index (χ2n) is 7.44. The van der Waals surface area contributed by atoms with Crippen LogP contribution in [0, 0.1) is 13.8 Å². The van der Waals surface area contributed by atoms with Gasteiger partial charge in [-0.15, -0.1) is 0 Å². The average molecular weight is 386 g/mol. The van der Waals surface area contributed by atoms with Crippen LogP contribution in [-0.2, 0) is 18.9 Å². The number of rotatable bonds is 4. The van der Waals surface area contributed by atoms with Crippen LogP contribution in [-0.4, -0.2) is 47.8 Å². The van der Waals surface area contributed by atoms with E-state index in [4.69, 9.17) is 18.9 Å². The summed E-state index contributed by atoms with van der Waals surface area (Å²) in [7, 11) is 0. The van der Waals surface area contributed by atoms with Crippen LogP contribution in [0.5, 0.6) is 0 Å². The van der Waals surface area contributed by atoms with Crippen LogP contribution in [0.1, 0.15) is 34.8 Å². The van der Waals surface area contributed by atoms with Gasteiger partial charge >= 0.3 is 0 Å². The van der Waals surface area contributed by atoms with Crippen molar-refractivity contribution in [3.63, 3.8) is 0 Å². The third kappa shape index (κ3) is 3.98. The van der Waals surface area contributed by atoms with Crippen molar-refractivity contribution < 1.29 is 29.2 Å². The summed E-state index contributed by atoms with van der Waals surface area (Å²) in [6, 6.07) is 15.7. The lowest BCUT2D eigenvalue weighted by Gasteiger charge is -2.47. The molecule has 0 aromatic heterocycles. The minimum atomic E-state index is -1.08. The topological polar surface area (TPSA) is 77.4 Å². The van der Waals surface area contributed by atoms with Gasteiger partial charge in [-0.25, -0.2) is 0 Å². The van der Waals surface area contributed by atoms with E-state index in [0.717, 1.165) is 22.3 Å². The Labute approximate surface area is 164 Å². The molecule has 2 heterocycles. The van der Waals surface area contributed by atoms with Crippen molar-refractivity contribution in [1.82, 2.24) is 0 Å². The first kappa shape index (κ1) is 19.5. The van der Waals surface area contributed by atoms with E-state index < -0.39 is 43.6 Å². The molecule has 6 heteroatoms. The fourth-order valence-electron chi connectivity index (χ4n) is 3.56. The number of aryl methyl sites for hydroxylation is 2. The lowest BCUT2D eigenvalue weighted by molar-refractivity contribution is -0.373. The maximum atomic E-state index is 10.4. The summed E-state index contributed by atoms with van der Waals surface area (Å²) < 4.78 is 24.1. The van der Waals surface area contributed by atoms with E-state index in [9.17, 15) is 10.2 Å². The molecule has 2 aromatic carbocycles. The quantitative estimate of drug-likeness (QED) is 0.841. The monoisotopic (exact) mass is 386 g/mol. The second kappa shape index (κ2) is 8.29. The molecule has 4 rings (SSSR count). The molecule has 0 saturated carbocycles. The highest BCUT2D eigenvalue weighted by Gasteiger charge is 2.48. The van der Waals surface area contributed by atoms with E-state index in [-0.39, 0.29) is 0 Å². The van der Waals surface area contributed by atoms with Crippen molar-refractivity contribution in [1.29, 1.82) is 0 Å². The first-order valence-electron chi connectivity index (χ1n) is 9.55. The predicted molar refractivity (Wildman–Crippen MR) is 102 cm³/mol. The summed E-state index contributed by atoms with van der Waals surface area (Å²) in [5, 5.41) is 19.9. The average Bonchev–Trinajstić information content (AvgIpc) is 2.73. The summed E-state index contributed by atoms with van der Waals surface area (Å²) in [6.45, 7) is 3.91. The van der Waals surface area contributed by atoms with Gasteiger partial charge < -0.3 is 29.2 Å². The van der Waals surface area contributed by atoms with Crippen LogP contribution in [0.2, 0.25) is 0 Å². The molecule has 0 bridgehead atoms. The van der Waals surface area contributed by atoms with Crippen LogP contribution < -0.4 is 0 Å². The fourth-order valence-corrected chi connectivity index (χ4v) is 3.56. The molecule has 0 amide bonds. The van der Waals surface area contributed by atoms with Gasteiger partial charge in [-0.05, 0) is 13.8 Å². The van der Waals surface area contributed by atoms with Crippen molar-refractivity contribution in [3.8, 4) is 0 Å². The van der Waals surface area contributed by atoms with Crippen molar-refractivity contribution in [2.45, 2.75) is 50.8 Å². The van der Waals surface area contributed by atoms with Gasteiger partial charge in [0.25, 0.3) is 0 Å². The molecule has 0 radical (unpaired) electrons. The number of fused-ring (bicyclic) bond motifs is 1. The maximum absolute atomic E-state index is 10.4. The molecule has 2 aliphatic heterocycles. The summed E-state index contributed by atoms with van der Waals surface area (Å²) in [5.74, 6) is 0. The molecule has 2 N–H and O–H groups in total. The zero-order chi connectivity index (χ0) is 19.7. The first-order chi connectivity index (χ1) is 13.5. The Morgan fingerprint density at radius 1 is 0.857 bits per heavy atom. The molecular formula is C22H26O6. The highest BCUT2D eigenvalue weighted by atomic mass is 16.8. The second-order valence-corrected chi connectivity index (χ2v) is 7.44. The van der Waals surface area contributed by atoms with Crippen LogP contribution in [0.3, 0.4) is 0 Å². The number of ether oxygens (including phenoxy) is 4. The van der Waals surface area contributed by atoms with Gasteiger partial charge in [0.2, 0.25) is 0 Å². The fraction of sp³-hybridized carbons (Fsp3) is 0.455. The minimum absolute atomic E-state index is 0.309. The zero-order valence-corrected chi connectivity index (χ0v) is 16.0. The highest BCUT2D eigenvalue weighted by molar-refractivity contribution is 5.24. The van der Waals surface area contributed by atoms with Crippen LogP contribution >= 0.6 is 0 Å². The van der Waals surface area contributed by atoms with Gasteiger partial charge in [-0.2, -0.15) is 0 Å². The molecule has 6 atom stereocenters. The maximum Gasteiger partial charge on any atom is 0.184 e. The van der Waals surface area contributed by atoms with E-state index >= 15 is 0 Å². The molecule has 2 aliphatic rings. The van der Waals surface area contributed by atoms with Gasteiger partial charge in [0.05, 0.1) is 13.2 Å². The molecule has 2 fully saturated rings. The van der Waals surface area contributed by atoms with Crippen molar-refractivity contribution in [3.05, 3.63) is 70.8 Å². The molecule has 0 unspecified atom stereocenters. The SMILES string of the molecule is Cc1ccc([C@@H]2OC[C@@H]3O[C@@H](c4ccc(C)cc4)O[C@H]([C@H](O)CO)[C@@H]3O2)cc1. The summed E-state index contributed by atoms with van der Waals surface area (Å²) >= 11 is 0. The van der Waals surface area contributed by atoms with Gasteiger partial charge in [0.1, 0.15) is 24.4 Å². The van der Waals surface area contributed by atoms with Crippen molar-refractivity contribution in [2.75, 3.05) is 13.2 Å². The molecule has 2 aromatic rings. The molecule has 6 nitrogen and oxygen atoms in total. The summed E-state index contributed by atoms with van der Waals surface area (Å²) in [5.41, 5.74) is 4.02. The van der Waals surface area contributed by atoms with E-state index in [1.54, 1.807) is 0 Å². The Kier molecular flexibility index (Phi) is 5.78. The normalized spacial score (nSPS) is 31.2. The first-order valence-corrected chi connectivity index (χ1v) is 9.55. The lowest BCUT2D eigenvalue weighted by atomic mass is 9.99. The number of aliphatic hydroxyl groups is 2. The standard InChI is InChI=1S/C22H26O6/c1-13-3-7-15(8-4-13)21-25-12-18-20(28-21)19(17(24)11-23)27-22(26-18)16-9-5-14(2)6-10-16/h3-10,17-24H,11-12H2,1-2H3/t17-,18+,19-,20-,21-,22-/m1/s1. The minimum Gasteiger partial charge on any atom is -0.394 e. The molecule has 150 valence electrons. The Morgan fingerprint density at radius 3 is 2.00 bits per heavy atom. The predicted octanol–water partition coefficient (Wildman–Crippen LogP) is 2.55. The van der Waals surface area contributed by atoms with E-state index in [2.05, 4.69) is 0 Å². The summed E-state index contributed by atoms with van der Waals surface area (Å²) in [6.07, 6.45) is -4.00. The van der Waals surface area contributed by atoms with Gasteiger partial charge in [0.15, 0.2) is 12.6 Å². The number of benzene rings is 2. The van der Waals surface area contributed by atoms with Crippen LogP contribution in [0.15, 0.2) is 48.5 Å². The van der Waals surface area contributed by atoms with E-state index in [0.29, 0.717) is 6.61 Å². The molecule has 2 saturated heterocycles. The molecular weight excluding hydrogens is 360 g/mol. The Morgan fingerprint density at radius 2 is 1.43 bits per heavy atom. The molecule has 0 aliphatic carbocycles. The van der Waals surface area contributed by atoms with Crippen molar-refractivity contribution in [2.24, 2.45) is 0 Å². The van der Waals surface area contributed by atoms with Gasteiger partial charge in [-0.1, -0.05) is 59.7 Å². The zero-order valence-electron chi connectivity index (χ0n) is 16.0. The van der Waals surface area contributed by atoms with Crippen LogP contribution in [0.4, 0.5) is 0 Å². The van der Waals surface area contributed by atoms with Crippen molar-refractivity contribution >= 4 is 0 Å². The molecule has 0 spiro atoms. The third-order valence-electron chi connectivity index (χ3n) is 5.23. The highest BCUT2D eigenvalue weighted by Crippen LogP contribution is 2.38. The number of aliphatic hydroxyl groups excluding tert-OH is 2. The Hall–Kier alpha value is -1.80. The lowest BCUT2D eigenvalue weighted by Crippen LogP contribution is -2.58. The number of hydrogen-bond acceptors (Lipinski definition) is 6. The van der Waals surface area contributed by atoms with E-state index in [1.165, 1.54) is 0 Å². The van der Waals surface area contributed by atoms with Gasteiger partial charge in [0, 0.05) is 11.1 Å². The number of hydrogen-bond donors (Lipinski definition) is 2. The smallest absolute Gasteiger partial charge is 0.184 e. The Balaban J connectivity index is 1.55.